The van der Waals surface area contributed by atoms with Crippen molar-refractivity contribution in [3.63, 3.8) is 0 Å². The molecule has 1 aromatic heterocycles. The fourth-order valence-corrected chi connectivity index (χ4v) is 2.38. The number of hydrogen-bond donors (Lipinski definition) is 2. The lowest BCUT2D eigenvalue weighted by molar-refractivity contribution is 0.380. The second-order valence-corrected chi connectivity index (χ2v) is 8.97. The van der Waals surface area contributed by atoms with Crippen LogP contribution in [0.25, 0.3) is 0 Å². The first kappa shape index (κ1) is 20.5. The van der Waals surface area contributed by atoms with Gasteiger partial charge >= 0.3 is 0 Å². The first-order valence-corrected chi connectivity index (χ1v) is 10.2. The Morgan fingerprint density at radius 3 is 2.38 bits per heavy atom. The van der Waals surface area contributed by atoms with E-state index >= 15 is 0 Å². The van der Waals surface area contributed by atoms with Crippen molar-refractivity contribution in [2.24, 2.45) is 4.99 Å². The van der Waals surface area contributed by atoms with Crippen molar-refractivity contribution in [2.75, 3.05) is 19.3 Å². The molecule has 0 atom stereocenters. The average molecular weight is 359 g/mol. The lowest BCUT2D eigenvalue weighted by Crippen LogP contribution is -2.47. The maximum atomic E-state index is 11.8. The topological polar surface area (TPSA) is 96.6 Å². The quantitative estimate of drug-likeness (QED) is 0.542. The third kappa shape index (κ3) is 5.22. The summed E-state index contributed by atoms with van der Waals surface area (Å²) in [6, 6.07) is 0. The molecule has 24 heavy (non-hydrogen) atoms. The summed E-state index contributed by atoms with van der Waals surface area (Å²) in [4.78, 5) is 4.56. The summed E-state index contributed by atoms with van der Waals surface area (Å²) in [7, 11) is -3.16. The minimum atomic E-state index is -3.16. The van der Waals surface area contributed by atoms with Crippen LogP contribution < -0.4 is 10.6 Å². The van der Waals surface area contributed by atoms with Gasteiger partial charge in [0.1, 0.15) is 5.76 Å². The zero-order valence-electron chi connectivity index (χ0n) is 15.6. The Bertz CT molecular complexity index is 641. The Hall–Kier alpha value is -1.57. The molecule has 0 radical (unpaired) electrons. The number of aryl methyl sites for hydroxylation is 2. The highest BCUT2D eigenvalue weighted by atomic mass is 32.2. The molecule has 1 aromatic rings. The van der Waals surface area contributed by atoms with Crippen molar-refractivity contribution in [3.05, 3.63) is 17.0 Å². The van der Waals surface area contributed by atoms with Gasteiger partial charge < -0.3 is 15.2 Å². The molecule has 0 amide bonds. The van der Waals surface area contributed by atoms with Crippen molar-refractivity contribution in [2.45, 2.75) is 58.8 Å². The second-order valence-electron chi connectivity index (χ2n) is 6.32. The number of hydrogen-bond acceptors (Lipinski definition) is 5. The number of aliphatic imine (C=N–C) groups is 1. The van der Waals surface area contributed by atoms with Gasteiger partial charge in [0.25, 0.3) is 0 Å². The van der Waals surface area contributed by atoms with Gasteiger partial charge in [-0.2, -0.15) is 0 Å². The summed E-state index contributed by atoms with van der Waals surface area (Å²) in [6.07, 6.45) is 2.80. The molecule has 1 heterocycles. The molecule has 2 N–H and O–H groups in total. The van der Waals surface area contributed by atoms with Crippen molar-refractivity contribution in [3.8, 4) is 0 Å². The Morgan fingerprint density at radius 1 is 1.21 bits per heavy atom. The van der Waals surface area contributed by atoms with E-state index in [0.717, 1.165) is 29.9 Å². The number of aromatic nitrogens is 1. The van der Waals surface area contributed by atoms with Gasteiger partial charge in [0.15, 0.2) is 15.8 Å². The van der Waals surface area contributed by atoms with Crippen molar-refractivity contribution < 1.29 is 12.9 Å². The monoisotopic (exact) mass is 358 g/mol. The van der Waals surface area contributed by atoms with Crippen LogP contribution in [0.15, 0.2) is 9.52 Å². The molecule has 0 saturated carbocycles. The molecule has 1 rings (SSSR count). The fourth-order valence-electron chi connectivity index (χ4n) is 2.04. The highest BCUT2D eigenvalue weighted by Gasteiger charge is 2.30. The van der Waals surface area contributed by atoms with Gasteiger partial charge in [0.2, 0.25) is 0 Å². The summed E-state index contributed by atoms with van der Waals surface area (Å²) in [5.74, 6) is 1.43. The van der Waals surface area contributed by atoms with Gasteiger partial charge in [0.05, 0.1) is 17.0 Å². The maximum Gasteiger partial charge on any atom is 0.191 e. The van der Waals surface area contributed by atoms with Crippen LogP contribution in [0.3, 0.4) is 0 Å². The largest absolute Gasteiger partial charge is 0.361 e. The maximum absolute atomic E-state index is 11.8. The van der Waals surface area contributed by atoms with Crippen molar-refractivity contribution >= 4 is 15.8 Å². The van der Waals surface area contributed by atoms with Gasteiger partial charge in [-0.15, -0.1) is 0 Å². The van der Waals surface area contributed by atoms with Gasteiger partial charge in [-0.3, -0.25) is 0 Å². The molecule has 8 heteroatoms. The molecule has 0 aliphatic rings. The molecule has 0 aliphatic heterocycles. The van der Waals surface area contributed by atoms with Gasteiger partial charge in [-0.05, 0) is 27.2 Å². The van der Waals surface area contributed by atoms with Crippen LogP contribution in [-0.4, -0.2) is 43.6 Å². The molecule has 0 aliphatic carbocycles. The SMILES string of the molecule is CCNC(=NCc1c(CC)noc1CC)NCC(C)(C)S(C)(=O)=O. The molecule has 0 spiro atoms. The second kappa shape index (κ2) is 8.50. The van der Waals surface area contributed by atoms with Gasteiger partial charge in [0, 0.05) is 31.3 Å². The third-order valence-electron chi connectivity index (χ3n) is 4.03. The standard InChI is InChI=1S/C16H30N4O3S/c1-7-13-12(14(8-2)23-20-13)10-18-15(17-9-3)19-11-16(4,5)24(6,21)22/h7-11H2,1-6H3,(H2,17,18,19). The van der Waals surface area contributed by atoms with E-state index in [1.54, 1.807) is 13.8 Å². The predicted molar refractivity (Wildman–Crippen MR) is 97.0 cm³/mol. The number of guanidine groups is 1. The highest BCUT2D eigenvalue weighted by Crippen LogP contribution is 2.17. The molecular formula is C16H30N4O3S. The van der Waals surface area contributed by atoms with E-state index in [4.69, 9.17) is 4.52 Å². The third-order valence-corrected chi connectivity index (χ3v) is 6.18. The first-order valence-electron chi connectivity index (χ1n) is 8.34. The number of nitrogens with zero attached hydrogens (tertiary/aromatic N) is 2. The minimum absolute atomic E-state index is 0.280. The number of sulfone groups is 1. The van der Waals surface area contributed by atoms with E-state index in [2.05, 4.69) is 20.8 Å². The smallest absolute Gasteiger partial charge is 0.191 e. The van der Waals surface area contributed by atoms with E-state index in [1.165, 1.54) is 6.26 Å². The van der Waals surface area contributed by atoms with E-state index < -0.39 is 14.6 Å². The van der Waals surface area contributed by atoms with Crippen LogP contribution in [0.4, 0.5) is 0 Å². The molecule has 0 aromatic carbocycles. The van der Waals surface area contributed by atoms with Crippen LogP contribution in [0.5, 0.6) is 0 Å². The lowest BCUT2D eigenvalue weighted by Gasteiger charge is -2.24. The molecule has 0 saturated heterocycles. The Labute approximate surface area is 145 Å². The average Bonchev–Trinajstić information content (AvgIpc) is 2.90. The first-order chi connectivity index (χ1) is 11.2. The van der Waals surface area contributed by atoms with Crippen LogP contribution >= 0.6 is 0 Å². The zero-order chi connectivity index (χ0) is 18.4. The lowest BCUT2D eigenvalue weighted by atomic mass is 10.1. The number of nitrogens with one attached hydrogen (secondary N) is 2. The number of rotatable bonds is 8. The highest BCUT2D eigenvalue weighted by molar-refractivity contribution is 7.92. The Morgan fingerprint density at radius 2 is 1.88 bits per heavy atom. The van der Waals surface area contributed by atoms with E-state index in [1.807, 2.05) is 20.8 Å². The Kier molecular flexibility index (Phi) is 7.26. The summed E-state index contributed by atoms with van der Waals surface area (Å²) in [6.45, 7) is 10.8. The van der Waals surface area contributed by atoms with Crippen LogP contribution in [0.2, 0.25) is 0 Å². The molecular weight excluding hydrogens is 328 g/mol. The van der Waals surface area contributed by atoms with Crippen LogP contribution in [-0.2, 0) is 29.2 Å². The fraction of sp³-hybridized carbons (Fsp3) is 0.750. The van der Waals surface area contributed by atoms with E-state index in [0.29, 0.717) is 19.0 Å². The van der Waals surface area contributed by atoms with Crippen molar-refractivity contribution in [1.29, 1.82) is 0 Å². The summed E-state index contributed by atoms with van der Waals surface area (Å²) in [5, 5.41) is 10.3. The normalized spacial score (nSPS) is 13.2. The molecule has 0 unspecified atom stereocenters. The van der Waals surface area contributed by atoms with E-state index in [-0.39, 0.29) is 6.54 Å². The molecule has 0 fully saturated rings. The van der Waals surface area contributed by atoms with Crippen LogP contribution in [0.1, 0.15) is 51.6 Å². The van der Waals surface area contributed by atoms with Gasteiger partial charge in [-0.1, -0.05) is 19.0 Å². The molecule has 0 bridgehead atoms. The summed E-state index contributed by atoms with van der Waals surface area (Å²) < 4.78 is 28.1. The molecule has 138 valence electrons. The molecule has 7 nitrogen and oxygen atoms in total. The zero-order valence-corrected chi connectivity index (χ0v) is 16.4. The summed E-state index contributed by atoms with van der Waals surface area (Å²) >= 11 is 0. The minimum Gasteiger partial charge on any atom is -0.361 e. The Balaban J connectivity index is 2.89. The van der Waals surface area contributed by atoms with Crippen molar-refractivity contribution in [1.82, 2.24) is 15.8 Å². The summed E-state index contributed by atoms with van der Waals surface area (Å²) in [5.41, 5.74) is 1.93. The van der Waals surface area contributed by atoms with Crippen LogP contribution in [0, 0.1) is 0 Å². The predicted octanol–water partition coefficient (Wildman–Crippen LogP) is 1.68. The van der Waals surface area contributed by atoms with E-state index in [9.17, 15) is 8.42 Å². The van der Waals surface area contributed by atoms with Gasteiger partial charge in [-0.25, -0.2) is 13.4 Å².